The van der Waals surface area contributed by atoms with Gasteiger partial charge in [0.05, 0.1) is 16.2 Å². The second-order valence-corrected chi connectivity index (χ2v) is 11.7. The Balaban J connectivity index is 1.99. The lowest BCUT2D eigenvalue weighted by Crippen LogP contribution is -2.53. The van der Waals surface area contributed by atoms with Crippen LogP contribution in [0.5, 0.6) is 0 Å². The zero-order valence-corrected chi connectivity index (χ0v) is 22.5. The van der Waals surface area contributed by atoms with Crippen LogP contribution >= 0.6 is 0 Å². The third-order valence-electron chi connectivity index (χ3n) is 6.80. The first kappa shape index (κ1) is 27.2. The smallest absolute Gasteiger partial charge is 0.296 e. The number of Topliss-reactive ketones (excluding diaryl/α,β-unsaturated/α-hetero) is 1. The Bertz CT molecular complexity index is 1460. The Morgan fingerprint density at radius 3 is 2.24 bits per heavy atom. The molecule has 4 rings (SSSR count). The molecule has 2 aromatic rings. The first-order valence-corrected chi connectivity index (χ1v) is 13.3. The number of aliphatic hydroxyl groups excluding tert-OH is 1. The summed E-state index contributed by atoms with van der Waals surface area (Å²) in [4.78, 5) is 45.7. The fraction of sp³-hybridized carbons (Fsp3) is 0.296. The van der Waals surface area contributed by atoms with Crippen molar-refractivity contribution in [1.29, 1.82) is 0 Å². The number of likely N-dealkylation sites (N-methyl/N-ethyl adjacent to an activating group) is 1. The second-order valence-electron chi connectivity index (χ2n) is 9.56. The van der Waals surface area contributed by atoms with Crippen LogP contribution in [0.15, 0.2) is 71.7 Å². The fourth-order valence-corrected chi connectivity index (χ4v) is 5.82. The van der Waals surface area contributed by atoms with Gasteiger partial charge >= 0.3 is 0 Å². The number of amides is 2. The van der Waals surface area contributed by atoms with Crippen LogP contribution in [0, 0.1) is 0 Å². The van der Waals surface area contributed by atoms with Crippen LogP contribution in [0.2, 0.25) is 0 Å². The number of anilines is 1. The summed E-state index contributed by atoms with van der Waals surface area (Å²) in [5.41, 5.74) is -1.23. The Kier molecular flexibility index (Phi) is 7.04. The molecular weight excluding hydrogens is 508 g/mol. The van der Waals surface area contributed by atoms with E-state index < -0.39 is 38.9 Å². The number of likely N-dealkylation sites (tertiary alicyclic amines) is 1. The van der Waals surface area contributed by atoms with E-state index in [2.05, 4.69) is 6.58 Å². The number of hydrogen-bond acceptors (Lipinski definition) is 7. The summed E-state index contributed by atoms with van der Waals surface area (Å²) in [7, 11) is 2.68. The van der Waals surface area contributed by atoms with Gasteiger partial charge in [-0.15, -0.1) is 6.58 Å². The lowest BCUT2D eigenvalue weighted by Gasteiger charge is -2.35. The van der Waals surface area contributed by atoms with Crippen LogP contribution in [0.1, 0.15) is 11.1 Å². The number of para-hydroxylation sites is 1. The molecule has 38 heavy (non-hydrogen) atoms. The molecule has 2 aliphatic rings. The monoisotopic (exact) mass is 538 g/mol. The molecule has 0 bridgehead atoms. The summed E-state index contributed by atoms with van der Waals surface area (Å²) >= 11 is 0. The molecule has 200 valence electrons. The Morgan fingerprint density at radius 1 is 1.03 bits per heavy atom. The van der Waals surface area contributed by atoms with Gasteiger partial charge in [-0.25, -0.2) is 12.7 Å². The molecule has 2 heterocycles. The molecule has 2 aromatic carbocycles. The number of sulfonamides is 1. The minimum atomic E-state index is -3.74. The quantitative estimate of drug-likeness (QED) is 0.235. The van der Waals surface area contributed by atoms with Gasteiger partial charge in [0.25, 0.3) is 17.6 Å². The molecule has 2 amide bonds. The van der Waals surface area contributed by atoms with Crippen LogP contribution in [0.25, 0.3) is 5.76 Å². The van der Waals surface area contributed by atoms with Gasteiger partial charge in [-0.3, -0.25) is 14.4 Å². The van der Waals surface area contributed by atoms with Gasteiger partial charge in [0, 0.05) is 44.9 Å². The third-order valence-corrected chi connectivity index (χ3v) is 8.63. The minimum Gasteiger partial charge on any atom is -0.507 e. The molecule has 0 aliphatic carbocycles. The van der Waals surface area contributed by atoms with Crippen molar-refractivity contribution in [3.63, 3.8) is 0 Å². The van der Waals surface area contributed by atoms with Crippen LogP contribution < -0.4 is 4.90 Å². The van der Waals surface area contributed by atoms with E-state index >= 15 is 0 Å². The number of ketones is 1. The van der Waals surface area contributed by atoms with Crippen molar-refractivity contribution >= 4 is 39.1 Å². The summed E-state index contributed by atoms with van der Waals surface area (Å²) in [6.07, 6.45) is 1.55. The normalized spacial score (nSPS) is 20.7. The highest BCUT2D eigenvalue weighted by Gasteiger charge is 2.66. The van der Waals surface area contributed by atoms with Gasteiger partial charge in [-0.1, -0.05) is 24.3 Å². The Morgan fingerprint density at radius 2 is 1.66 bits per heavy atom. The van der Waals surface area contributed by atoms with E-state index in [0.29, 0.717) is 17.8 Å². The molecule has 1 fully saturated rings. The van der Waals surface area contributed by atoms with Crippen molar-refractivity contribution in [2.24, 2.45) is 0 Å². The fourth-order valence-electron chi connectivity index (χ4n) is 4.92. The zero-order valence-electron chi connectivity index (χ0n) is 21.7. The van der Waals surface area contributed by atoms with E-state index in [4.69, 9.17) is 0 Å². The van der Waals surface area contributed by atoms with Crippen LogP contribution in [-0.4, -0.2) is 93.1 Å². The lowest BCUT2D eigenvalue weighted by molar-refractivity contribution is -0.143. The molecule has 11 heteroatoms. The van der Waals surface area contributed by atoms with Crippen LogP contribution in [-0.2, 0) is 29.9 Å². The molecule has 0 saturated carbocycles. The van der Waals surface area contributed by atoms with E-state index in [1.807, 2.05) is 4.90 Å². The van der Waals surface area contributed by atoms with Gasteiger partial charge in [0.1, 0.15) is 5.76 Å². The number of nitrogens with zero attached hydrogens (tertiary/aromatic N) is 4. The molecule has 10 nitrogen and oxygen atoms in total. The largest absolute Gasteiger partial charge is 0.507 e. The maximum Gasteiger partial charge on any atom is 0.296 e. The number of benzene rings is 2. The summed E-state index contributed by atoms with van der Waals surface area (Å²) < 4.78 is 26.1. The predicted molar refractivity (Wildman–Crippen MR) is 143 cm³/mol. The van der Waals surface area contributed by atoms with Gasteiger partial charge in [-0.2, -0.15) is 0 Å². The van der Waals surface area contributed by atoms with Crippen LogP contribution in [0.4, 0.5) is 5.69 Å². The molecule has 2 aliphatic heterocycles. The molecule has 1 spiro atoms. The maximum atomic E-state index is 14.2. The number of aliphatic hydroxyl groups is 1. The van der Waals surface area contributed by atoms with Gasteiger partial charge in [0.15, 0.2) is 5.54 Å². The zero-order chi connectivity index (χ0) is 28.0. The average molecular weight is 539 g/mol. The van der Waals surface area contributed by atoms with Crippen molar-refractivity contribution < 1.29 is 27.9 Å². The summed E-state index contributed by atoms with van der Waals surface area (Å²) in [5.74, 6) is -3.00. The number of hydrogen-bond donors (Lipinski definition) is 1. The standard InChI is InChI=1S/C27H30N4O6S/c1-6-15-30-21-10-8-7-9-20(21)27(26(30)35)22(24(33)25(34)31(27)17-16-28(2)3)23(32)18-11-13-19(14-12-18)38(36,37)29(4)5/h6-14,32H,1,15-17H2,2-5H3/b23-22-. The van der Waals surface area contributed by atoms with Gasteiger partial charge in [0.2, 0.25) is 10.0 Å². The lowest BCUT2D eigenvalue weighted by atomic mass is 9.82. The van der Waals surface area contributed by atoms with Gasteiger partial charge < -0.3 is 19.8 Å². The SMILES string of the molecule is C=CCN1C(=O)C2(/C(=C(\O)c3ccc(S(=O)(=O)N(C)C)cc3)C(=O)C(=O)N2CCN(C)C)c2ccccc21. The van der Waals surface area contributed by atoms with Crippen molar-refractivity contribution in [3.8, 4) is 0 Å². The molecular formula is C27H30N4O6S. The Hall–Kier alpha value is -3.80. The molecule has 1 saturated heterocycles. The summed E-state index contributed by atoms with van der Waals surface area (Å²) in [5, 5.41) is 11.5. The molecule has 0 aromatic heterocycles. The number of rotatable bonds is 8. The number of fused-ring (bicyclic) bond motifs is 2. The van der Waals surface area contributed by atoms with E-state index in [1.54, 1.807) is 44.4 Å². The second kappa shape index (κ2) is 9.82. The minimum absolute atomic E-state index is 0.0142. The highest BCUT2D eigenvalue weighted by Crippen LogP contribution is 2.53. The molecule has 0 radical (unpaired) electrons. The molecule has 1 unspecified atom stereocenters. The van der Waals surface area contributed by atoms with Crippen molar-refractivity contribution in [2.45, 2.75) is 10.4 Å². The van der Waals surface area contributed by atoms with Crippen molar-refractivity contribution in [3.05, 3.63) is 77.9 Å². The topological polar surface area (TPSA) is 119 Å². The molecule has 1 atom stereocenters. The highest BCUT2D eigenvalue weighted by molar-refractivity contribution is 7.89. The number of carbonyl (C=O) groups is 3. The van der Waals surface area contributed by atoms with E-state index in [-0.39, 0.29) is 29.1 Å². The summed E-state index contributed by atoms with van der Waals surface area (Å²) in [6, 6.07) is 12.1. The van der Waals surface area contributed by atoms with E-state index in [0.717, 1.165) is 4.31 Å². The van der Waals surface area contributed by atoms with E-state index in [9.17, 15) is 27.9 Å². The maximum absolute atomic E-state index is 14.2. The van der Waals surface area contributed by atoms with Crippen molar-refractivity contribution in [2.75, 3.05) is 52.7 Å². The average Bonchev–Trinajstić information content (AvgIpc) is 3.25. The first-order valence-electron chi connectivity index (χ1n) is 11.9. The number of carbonyl (C=O) groups excluding carboxylic acids is 3. The predicted octanol–water partition coefficient (Wildman–Crippen LogP) is 1.61. The third kappa shape index (κ3) is 3.94. The van der Waals surface area contributed by atoms with E-state index in [1.165, 1.54) is 48.2 Å². The summed E-state index contributed by atoms with van der Waals surface area (Å²) in [6.45, 7) is 4.28. The van der Waals surface area contributed by atoms with Gasteiger partial charge in [-0.05, 0) is 44.4 Å². The highest BCUT2D eigenvalue weighted by atomic mass is 32.2. The first-order chi connectivity index (χ1) is 17.9. The Labute approximate surface area is 222 Å². The van der Waals surface area contributed by atoms with Crippen molar-refractivity contribution in [1.82, 2.24) is 14.1 Å². The molecule has 1 N–H and O–H groups in total. The van der Waals surface area contributed by atoms with Crippen LogP contribution in [0.3, 0.4) is 0 Å².